The zero-order valence-electron chi connectivity index (χ0n) is 11.9. The molecule has 0 aliphatic rings. The van der Waals surface area contributed by atoms with Crippen molar-refractivity contribution < 1.29 is 32.3 Å². The molecule has 0 radical (unpaired) electrons. The lowest BCUT2D eigenvalue weighted by Gasteiger charge is -2.11. The Morgan fingerprint density at radius 3 is 2.54 bits per heavy atom. The van der Waals surface area contributed by atoms with Crippen molar-refractivity contribution in [1.82, 2.24) is 15.3 Å². The van der Waals surface area contributed by atoms with Crippen LogP contribution in [0.3, 0.4) is 0 Å². The highest BCUT2D eigenvalue weighted by molar-refractivity contribution is 7.15. The van der Waals surface area contributed by atoms with Gasteiger partial charge in [0.1, 0.15) is 4.88 Å². The van der Waals surface area contributed by atoms with E-state index in [4.69, 9.17) is 0 Å². The van der Waals surface area contributed by atoms with Crippen LogP contribution in [0.15, 0.2) is 24.7 Å². The fourth-order valence-electron chi connectivity index (χ4n) is 1.62. The zero-order chi connectivity index (χ0) is 17.9. The molecule has 126 valence electrons. The van der Waals surface area contributed by atoms with Gasteiger partial charge in [-0.3, -0.25) is 19.9 Å². The maximum absolute atomic E-state index is 12.8. The Bertz CT molecular complexity index is 804. The molecule has 0 aromatic carbocycles. The molecule has 2 rings (SSSR count). The van der Waals surface area contributed by atoms with Crippen molar-refractivity contribution in [1.29, 1.82) is 0 Å². The van der Waals surface area contributed by atoms with Crippen LogP contribution in [0.5, 0.6) is 0 Å². The highest BCUT2D eigenvalue weighted by atomic mass is 32.1. The number of methoxy groups -OCH3 is 1. The van der Waals surface area contributed by atoms with Gasteiger partial charge in [0.2, 0.25) is 5.01 Å². The number of thiazole rings is 1. The second kappa shape index (κ2) is 6.74. The van der Waals surface area contributed by atoms with E-state index in [0.717, 1.165) is 19.5 Å². The first-order valence-corrected chi connectivity index (χ1v) is 6.96. The fraction of sp³-hybridized carbons (Fsp3) is 0.154. The summed E-state index contributed by atoms with van der Waals surface area (Å²) in [6, 6.07) is 0.626. The number of hydrogen-bond acceptors (Lipinski definition) is 7. The van der Waals surface area contributed by atoms with Crippen molar-refractivity contribution in [2.45, 2.75) is 6.18 Å². The van der Waals surface area contributed by atoms with Gasteiger partial charge in [-0.2, -0.15) is 13.2 Å². The van der Waals surface area contributed by atoms with E-state index in [1.54, 1.807) is 5.32 Å². The first-order valence-electron chi connectivity index (χ1n) is 6.15. The first kappa shape index (κ1) is 17.5. The van der Waals surface area contributed by atoms with Crippen LogP contribution in [0, 0.1) is 0 Å². The van der Waals surface area contributed by atoms with E-state index < -0.39 is 35.1 Å². The third-order valence-electron chi connectivity index (χ3n) is 2.69. The molecular formula is C13H8F3N3O4S. The SMILES string of the molecule is COC(=O)c1ncc(C(=O)NC(=O)c2cnccc2C(F)(F)F)s1. The molecule has 7 nitrogen and oxygen atoms in total. The summed E-state index contributed by atoms with van der Waals surface area (Å²) in [4.78, 5) is 42.0. The Balaban J connectivity index is 2.20. The Hall–Kier alpha value is -2.82. The largest absolute Gasteiger partial charge is 0.464 e. The normalized spacial score (nSPS) is 11.0. The number of amides is 2. The van der Waals surface area contributed by atoms with Gasteiger partial charge >= 0.3 is 12.1 Å². The number of halogens is 3. The lowest BCUT2D eigenvalue weighted by atomic mass is 10.1. The average molecular weight is 359 g/mol. The molecule has 0 spiro atoms. The minimum atomic E-state index is -4.78. The van der Waals surface area contributed by atoms with Crippen LogP contribution in [0.4, 0.5) is 13.2 Å². The van der Waals surface area contributed by atoms with Crippen molar-refractivity contribution in [2.75, 3.05) is 7.11 Å². The Kier molecular flexibility index (Phi) is 4.93. The fourth-order valence-corrected chi connectivity index (χ4v) is 2.34. The third-order valence-corrected chi connectivity index (χ3v) is 3.66. The molecular weight excluding hydrogens is 351 g/mol. The minimum absolute atomic E-state index is 0.132. The van der Waals surface area contributed by atoms with Gasteiger partial charge in [0.15, 0.2) is 0 Å². The van der Waals surface area contributed by atoms with Gasteiger partial charge in [-0.05, 0) is 6.07 Å². The summed E-state index contributed by atoms with van der Waals surface area (Å²) in [5, 5.41) is 1.66. The summed E-state index contributed by atoms with van der Waals surface area (Å²) in [5.74, 6) is -3.05. The van der Waals surface area contributed by atoms with Gasteiger partial charge < -0.3 is 4.74 Å². The Labute approximate surface area is 136 Å². The quantitative estimate of drug-likeness (QED) is 0.664. The molecule has 2 aromatic heterocycles. The number of ether oxygens (including phenoxy) is 1. The Morgan fingerprint density at radius 1 is 1.21 bits per heavy atom. The van der Waals surface area contributed by atoms with Crippen molar-refractivity contribution in [2.24, 2.45) is 0 Å². The van der Waals surface area contributed by atoms with E-state index in [0.29, 0.717) is 23.6 Å². The lowest BCUT2D eigenvalue weighted by molar-refractivity contribution is -0.138. The topological polar surface area (TPSA) is 98.2 Å². The molecule has 0 atom stereocenters. The first-order chi connectivity index (χ1) is 11.2. The van der Waals surface area contributed by atoms with Crippen LogP contribution < -0.4 is 5.32 Å². The number of aromatic nitrogens is 2. The van der Waals surface area contributed by atoms with Crippen molar-refractivity contribution in [3.05, 3.63) is 45.7 Å². The van der Waals surface area contributed by atoms with Crippen LogP contribution in [0.2, 0.25) is 0 Å². The predicted octanol–water partition coefficient (Wildman–Crippen LogP) is 1.91. The Morgan fingerprint density at radius 2 is 1.92 bits per heavy atom. The molecule has 0 saturated heterocycles. The number of nitrogens with zero attached hydrogens (tertiary/aromatic N) is 2. The highest BCUT2D eigenvalue weighted by Crippen LogP contribution is 2.31. The van der Waals surface area contributed by atoms with Gasteiger partial charge in [-0.1, -0.05) is 0 Å². The molecule has 0 bridgehead atoms. The van der Waals surface area contributed by atoms with E-state index in [-0.39, 0.29) is 9.88 Å². The standard InChI is InChI=1S/C13H8F3N3O4S/c1-23-12(22)11-18-5-8(24-11)10(21)19-9(20)6-4-17-3-2-7(6)13(14,15)16/h2-5H,1H3,(H,19,20,21). The van der Waals surface area contributed by atoms with E-state index in [1.165, 1.54) is 0 Å². The van der Waals surface area contributed by atoms with Gasteiger partial charge in [-0.25, -0.2) is 9.78 Å². The summed E-state index contributed by atoms with van der Waals surface area (Å²) in [7, 11) is 1.12. The molecule has 0 aliphatic heterocycles. The number of hydrogen-bond donors (Lipinski definition) is 1. The zero-order valence-corrected chi connectivity index (χ0v) is 12.7. The van der Waals surface area contributed by atoms with Crippen molar-refractivity contribution in [3.8, 4) is 0 Å². The molecule has 2 amide bonds. The van der Waals surface area contributed by atoms with E-state index in [9.17, 15) is 27.6 Å². The summed E-state index contributed by atoms with van der Waals surface area (Å²) in [5.41, 5.74) is -2.02. The molecule has 0 unspecified atom stereocenters. The van der Waals surface area contributed by atoms with Crippen LogP contribution in [0.25, 0.3) is 0 Å². The average Bonchev–Trinajstić information content (AvgIpc) is 3.03. The van der Waals surface area contributed by atoms with Crippen LogP contribution in [-0.4, -0.2) is 34.9 Å². The molecule has 2 heterocycles. The second-order valence-electron chi connectivity index (χ2n) is 4.22. The van der Waals surface area contributed by atoms with Gasteiger partial charge in [-0.15, -0.1) is 11.3 Å². The molecule has 2 aromatic rings. The number of carbonyl (C=O) groups is 3. The molecule has 11 heteroatoms. The maximum Gasteiger partial charge on any atom is 0.417 e. The van der Waals surface area contributed by atoms with Crippen LogP contribution in [-0.2, 0) is 10.9 Å². The number of imide groups is 1. The van der Waals surface area contributed by atoms with Gasteiger partial charge in [0, 0.05) is 12.4 Å². The maximum atomic E-state index is 12.8. The predicted molar refractivity (Wildman–Crippen MR) is 74.5 cm³/mol. The number of nitrogens with one attached hydrogen (secondary N) is 1. The molecule has 0 saturated carbocycles. The highest BCUT2D eigenvalue weighted by Gasteiger charge is 2.35. The molecule has 24 heavy (non-hydrogen) atoms. The van der Waals surface area contributed by atoms with Crippen LogP contribution >= 0.6 is 11.3 Å². The van der Waals surface area contributed by atoms with Crippen molar-refractivity contribution in [3.63, 3.8) is 0 Å². The van der Waals surface area contributed by atoms with Crippen LogP contribution in [0.1, 0.15) is 35.4 Å². The molecule has 0 aliphatic carbocycles. The summed E-state index contributed by atoms with van der Waals surface area (Å²) in [6.07, 6.45) is -2.18. The van der Waals surface area contributed by atoms with E-state index in [1.807, 2.05) is 0 Å². The number of rotatable bonds is 3. The van der Waals surface area contributed by atoms with E-state index >= 15 is 0 Å². The second-order valence-corrected chi connectivity index (χ2v) is 5.25. The monoisotopic (exact) mass is 359 g/mol. The smallest absolute Gasteiger partial charge is 0.417 e. The van der Waals surface area contributed by atoms with Gasteiger partial charge in [0.05, 0.1) is 24.4 Å². The molecule has 0 fully saturated rings. The number of carbonyl (C=O) groups excluding carboxylic acids is 3. The molecule has 1 N–H and O–H groups in total. The number of esters is 1. The van der Waals surface area contributed by atoms with E-state index in [2.05, 4.69) is 14.7 Å². The summed E-state index contributed by atoms with van der Waals surface area (Å²) >= 11 is 0.633. The minimum Gasteiger partial charge on any atom is -0.464 e. The summed E-state index contributed by atoms with van der Waals surface area (Å²) < 4.78 is 43.0. The number of pyridine rings is 1. The number of alkyl halides is 3. The van der Waals surface area contributed by atoms with Crippen molar-refractivity contribution >= 4 is 29.1 Å². The summed E-state index contributed by atoms with van der Waals surface area (Å²) in [6.45, 7) is 0. The third kappa shape index (κ3) is 3.74. The lowest BCUT2D eigenvalue weighted by Crippen LogP contribution is -2.31. The van der Waals surface area contributed by atoms with Gasteiger partial charge in [0.25, 0.3) is 11.8 Å².